The lowest BCUT2D eigenvalue weighted by molar-refractivity contribution is -0.119. The molecule has 1 amide bonds. The maximum absolute atomic E-state index is 13.4. The minimum atomic E-state index is -0.487. The SMILES string of the molecule is CC(C)Cn1cnc2c1c(=O)n(CC(=O)N1c3ccccc3CC1C)c(=O)n2CC(C)C. The summed E-state index contributed by atoms with van der Waals surface area (Å²) in [6.45, 7) is 10.9. The topological polar surface area (TPSA) is 82.1 Å². The van der Waals surface area contributed by atoms with Gasteiger partial charge in [0.2, 0.25) is 5.91 Å². The van der Waals surface area contributed by atoms with Crippen molar-refractivity contribution in [2.24, 2.45) is 11.8 Å². The van der Waals surface area contributed by atoms with Crippen molar-refractivity contribution in [3.05, 3.63) is 57.0 Å². The monoisotopic (exact) mass is 437 g/mol. The van der Waals surface area contributed by atoms with E-state index in [2.05, 4.69) is 18.8 Å². The molecule has 8 heteroatoms. The van der Waals surface area contributed by atoms with E-state index in [1.807, 2.05) is 45.0 Å². The molecule has 3 heterocycles. The van der Waals surface area contributed by atoms with Gasteiger partial charge in [0.1, 0.15) is 6.54 Å². The van der Waals surface area contributed by atoms with E-state index in [-0.39, 0.29) is 24.4 Å². The third kappa shape index (κ3) is 3.78. The number of hydrogen-bond acceptors (Lipinski definition) is 4. The Kier molecular flexibility index (Phi) is 5.79. The zero-order valence-electron chi connectivity index (χ0n) is 19.4. The van der Waals surface area contributed by atoms with Gasteiger partial charge in [-0.2, -0.15) is 0 Å². The molecular weight excluding hydrogens is 406 g/mol. The fourth-order valence-corrected chi connectivity index (χ4v) is 4.60. The molecule has 2 aromatic heterocycles. The maximum Gasteiger partial charge on any atom is 0.333 e. The first-order chi connectivity index (χ1) is 15.2. The van der Waals surface area contributed by atoms with Crippen LogP contribution in [0.5, 0.6) is 0 Å². The number of aromatic nitrogens is 4. The minimum absolute atomic E-state index is 0.0244. The van der Waals surface area contributed by atoms with Gasteiger partial charge >= 0.3 is 5.69 Å². The van der Waals surface area contributed by atoms with E-state index in [1.165, 1.54) is 4.57 Å². The molecule has 0 saturated heterocycles. The molecule has 0 bridgehead atoms. The van der Waals surface area contributed by atoms with E-state index in [0.29, 0.717) is 30.2 Å². The van der Waals surface area contributed by atoms with Crippen LogP contribution < -0.4 is 16.1 Å². The van der Waals surface area contributed by atoms with Crippen LogP contribution in [0.3, 0.4) is 0 Å². The van der Waals surface area contributed by atoms with Gasteiger partial charge in [-0.3, -0.25) is 14.2 Å². The first-order valence-corrected chi connectivity index (χ1v) is 11.3. The Balaban J connectivity index is 1.82. The maximum atomic E-state index is 13.4. The molecule has 0 spiro atoms. The molecule has 32 heavy (non-hydrogen) atoms. The highest BCUT2D eigenvalue weighted by Gasteiger charge is 2.31. The summed E-state index contributed by atoms with van der Waals surface area (Å²) in [5, 5.41) is 0. The summed E-state index contributed by atoms with van der Waals surface area (Å²) < 4.78 is 4.42. The first-order valence-electron chi connectivity index (χ1n) is 11.3. The summed E-state index contributed by atoms with van der Waals surface area (Å²) in [6.07, 6.45) is 2.38. The molecule has 0 radical (unpaired) electrons. The van der Waals surface area contributed by atoms with Gasteiger partial charge in [-0.05, 0) is 36.8 Å². The summed E-state index contributed by atoms with van der Waals surface area (Å²) in [4.78, 5) is 46.3. The Morgan fingerprint density at radius 3 is 2.44 bits per heavy atom. The molecule has 1 unspecified atom stereocenters. The number of para-hydroxylation sites is 1. The lowest BCUT2D eigenvalue weighted by Gasteiger charge is -2.23. The average Bonchev–Trinajstić information content (AvgIpc) is 3.27. The number of nitrogens with zero attached hydrogens (tertiary/aromatic N) is 5. The van der Waals surface area contributed by atoms with Crippen LogP contribution in [0.4, 0.5) is 5.69 Å². The second-order valence-corrected chi connectivity index (χ2v) is 9.59. The zero-order chi connectivity index (χ0) is 23.2. The van der Waals surface area contributed by atoms with Crippen molar-refractivity contribution >= 4 is 22.8 Å². The van der Waals surface area contributed by atoms with Gasteiger partial charge < -0.3 is 9.47 Å². The number of rotatable bonds is 6. The van der Waals surface area contributed by atoms with Crippen LogP contribution in [0.25, 0.3) is 11.2 Å². The third-order valence-electron chi connectivity index (χ3n) is 5.86. The molecule has 1 aliphatic heterocycles. The number of anilines is 1. The lowest BCUT2D eigenvalue weighted by atomic mass is 10.1. The van der Waals surface area contributed by atoms with Crippen molar-refractivity contribution in [2.45, 2.75) is 66.7 Å². The molecule has 1 aliphatic rings. The number of fused-ring (bicyclic) bond motifs is 2. The van der Waals surface area contributed by atoms with Crippen LogP contribution in [0.15, 0.2) is 40.2 Å². The Morgan fingerprint density at radius 1 is 1.06 bits per heavy atom. The summed E-state index contributed by atoms with van der Waals surface area (Å²) in [5.41, 5.74) is 1.77. The van der Waals surface area contributed by atoms with E-state index in [9.17, 15) is 14.4 Å². The predicted octanol–water partition coefficient (Wildman–Crippen LogP) is 2.65. The number of imidazole rings is 1. The molecule has 170 valence electrons. The zero-order valence-corrected chi connectivity index (χ0v) is 19.4. The second-order valence-electron chi connectivity index (χ2n) is 9.59. The molecule has 0 aliphatic carbocycles. The van der Waals surface area contributed by atoms with Crippen LogP contribution in [-0.4, -0.2) is 30.6 Å². The fourth-order valence-electron chi connectivity index (χ4n) is 4.60. The van der Waals surface area contributed by atoms with Crippen molar-refractivity contribution in [1.82, 2.24) is 18.7 Å². The highest BCUT2D eigenvalue weighted by molar-refractivity contribution is 5.96. The lowest BCUT2D eigenvalue weighted by Crippen LogP contribution is -2.46. The molecule has 1 atom stereocenters. The van der Waals surface area contributed by atoms with Gasteiger partial charge in [-0.25, -0.2) is 14.3 Å². The van der Waals surface area contributed by atoms with Crippen molar-refractivity contribution in [1.29, 1.82) is 0 Å². The van der Waals surface area contributed by atoms with Crippen molar-refractivity contribution < 1.29 is 4.79 Å². The smallest absolute Gasteiger partial charge is 0.324 e. The van der Waals surface area contributed by atoms with Crippen molar-refractivity contribution in [3.8, 4) is 0 Å². The summed E-state index contributed by atoms with van der Waals surface area (Å²) >= 11 is 0. The second kappa shape index (κ2) is 8.41. The molecule has 3 aromatic rings. The Labute approximate surface area is 187 Å². The van der Waals surface area contributed by atoms with E-state index in [1.54, 1.807) is 15.8 Å². The van der Waals surface area contributed by atoms with Crippen LogP contribution in [-0.2, 0) is 30.8 Å². The van der Waals surface area contributed by atoms with Crippen LogP contribution in [0.1, 0.15) is 40.2 Å². The minimum Gasteiger partial charge on any atom is -0.324 e. The number of benzene rings is 1. The largest absolute Gasteiger partial charge is 0.333 e. The normalized spacial score (nSPS) is 15.8. The molecule has 1 aromatic carbocycles. The predicted molar refractivity (Wildman–Crippen MR) is 125 cm³/mol. The fraction of sp³-hybridized carbons (Fsp3) is 0.500. The van der Waals surface area contributed by atoms with Crippen LogP contribution in [0.2, 0.25) is 0 Å². The van der Waals surface area contributed by atoms with Gasteiger partial charge in [0.05, 0.1) is 6.33 Å². The average molecular weight is 438 g/mol. The number of carbonyl (C=O) groups is 1. The molecule has 8 nitrogen and oxygen atoms in total. The van der Waals surface area contributed by atoms with Crippen LogP contribution >= 0.6 is 0 Å². The molecule has 0 fully saturated rings. The summed E-state index contributed by atoms with van der Waals surface area (Å²) in [7, 11) is 0. The van der Waals surface area contributed by atoms with E-state index in [0.717, 1.165) is 22.2 Å². The van der Waals surface area contributed by atoms with Gasteiger partial charge in [0.15, 0.2) is 11.2 Å². The Morgan fingerprint density at radius 2 is 1.75 bits per heavy atom. The van der Waals surface area contributed by atoms with Gasteiger partial charge in [0, 0.05) is 24.8 Å². The van der Waals surface area contributed by atoms with E-state index >= 15 is 0 Å². The van der Waals surface area contributed by atoms with Gasteiger partial charge in [0.25, 0.3) is 5.56 Å². The van der Waals surface area contributed by atoms with Gasteiger partial charge in [-0.1, -0.05) is 45.9 Å². The summed E-state index contributed by atoms with van der Waals surface area (Å²) in [5.74, 6) is 0.222. The first kappa shape index (κ1) is 22.0. The molecule has 0 N–H and O–H groups in total. The summed E-state index contributed by atoms with van der Waals surface area (Å²) in [6, 6.07) is 7.76. The molecule has 4 rings (SSSR count). The van der Waals surface area contributed by atoms with Crippen molar-refractivity contribution in [2.75, 3.05) is 4.90 Å². The van der Waals surface area contributed by atoms with Gasteiger partial charge in [-0.15, -0.1) is 0 Å². The van der Waals surface area contributed by atoms with E-state index in [4.69, 9.17) is 0 Å². The number of hydrogen-bond donors (Lipinski definition) is 0. The highest BCUT2D eigenvalue weighted by atomic mass is 16.2. The van der Waals surface area contributed by atoms with Crippen LogP contribution in [0, 0.1) is 11.8 Å². The quantitative estimate of drug-likeness (QED) is 0.594. The molecule has 0 saturated carbocycles. The number of carbonyl (C=O) groups excluding carboxylic acids is 1. The van der Waals surface area contributed by atoms with E-state index < -0.39 is 11.2 Å². The highest BCUT2D eigenvalue weighted by Crippen LogP contribution is 2.31. The number of amides is 1. The van der Waals surface area contributed by atoms with Crippen molar-refractivity contribution in [3.63, 3.8) is 0 Å². The third-order valence-corrected chi connectivity index (χ3v) is 5.86. The standard InChI is InChI=1S/C24H31N5O3/c1-15(2)11-26-14-25-22-21(26)23(31)28(24(32)27(22)12-16(3)4)13-20(30)29-17(5)10-18-8-6-7-9-19(18)29/h6-9,14-17H,10-13H2,1-5H3. The Hall–Kier alpha value is -3.16. The molecular formula is C24H31N5O3. The Bertz CT molecular complexity index is 1280.